The van der Waals surface area contributed by atoms with Gasteiger partial charge in [-0.3, -0.25) is 0 Å². The second-order valence-corrected chi connectivity index (χ2v) is 9.27. The Balaban J connectivity index is 1.51. The lowest BCUT2D eigenvalue weighted by atomic mass is 10.1. The van der Waals surface area contributed by atoms with Gasteiger partial charge in [0.05, 0.1) is 6.61 Å². The van der Waals surface area contributed by atoms with E-state index in [1.807, 2.05) is 13.0 Å². The summed E-state index contributed by atoms with van der Waals surface area (Å²) in [5, 5.41) is 0. The number of unbranched alkanes of at least 4 members (excludes halogenated alkanes) is 3. The van der Waals surface area contributed by atoms with Crippen LogP contribution in [0.1, 0.15) is 78.2 Å². The summed E-state index contributed by atoms with van der Waals surface area (Å²) in [6.07, 6.45) is 12.5. The fourth-order valence-electron chi connectivity index (χ4n) is 3.78. The molecule has 166 valence electrons. The van der Waals surface area contributed by atoms with Gasteiger partial charge in [-0.25, -0.2) is 4.79 Å². The summed E-state index contributed by atoms with van der Waals surface area (Å²) in [5.41, 5.74) is 3.99. The number of hydrogen-bond acceptors (Lipinski definition) is 3. The van der Waals surface area contributed by atoms with Gasteiger partial charge in [0.2, 0.25) is 0 Å². The van der Waals surface area contributed by atoms with E-state index in [-0.39, 0.29) is 5.97 Å². The summed E-state index contributed by atoms with van der Waals surface area (Å²) < 4.78 is 7.52. The van der Waals surface area contributed by atoms with Crippen molar-refractivity contribution in [1.82, 2.24) is 4.57 Å². The van der Waals surface area contributed by atoms with Gasteiger partial charge in [0.1, 0.15) is 4.88 Å². The number of benzene rings is 1. The van der Waals surface area contributed by atoms with E-state index >= 15 is 0 Å². The first-order valence-corrected chi connectivity index (χ1v) is 12.5. The minimum absolute atomic E-state index is 0.194. The van der Waals surface area contributed by atoms with Crippen LogP contribution in [-0.4, -0.2) is 17.1 Å². The van der Waals surface area contributed by atoms with Crippen LogP contribution in [0, 0.1) is 0 Å². The van der Waals surface area contributed by atoms with Gasteiger partial charge in [-0.15, -0.1) is 11.3 Å². The predicted octanol–water partition coefficient (Wildman–Crippen LogP) is 7.40. The molecule has 3 aromatic rings. The van der Waals surface area contributed by atoms with Crippen LogP contribution in [0.4, 0.5) is 0 Å². The average molecular weight is 438 g/mol. The van der Waals surface area contributed by atoms with Crippen molar-refractivity contribution in [2.24, 2.45) is 0 Å². The van der Waals surface area contributed by atoms with E-state index in [9.17, 15) is 4.79 Å². The molecule has 0 saturated heterocycles. The van der Waals surface area contributed by atoms with E-state index in [0.29, 0.717) is 11.5 Å². The molecule has 0 saturated carbocycles. The third-order valence-corrected chi connectivity index (χ3v) is 6.65. The Morgan fingerprint density at radius 1 is 0.871 bits per heavy atom. The highest BCUT2D eigenvalue weighted by Crippen LogP contribution is 2.21. The number of carbonyl (C=O) groups excluding carboxylic acids is 1. The molecule has 2 aromatic heterocycles. The van der Waals surface area contributed by atoms with Crippen molar-refractivity contribution in [3.05, 3.63) is 75.7 Å². The maximum absolute atomic E-state index is 12.0. The molecule has 0 atom stereocenters. The second kappa shape index (κ2) is 12.5. The summed E-state index contributed by atoms with van der Waals surface area (Å²) in [7, 11) is 0. The van der Waals surface area contributed by atoms with Gasteiger partial charge in [0.25, 0.3) is 0 Å². The summed E-state index contributed by atoms with van der Waals surface area (Å²) in [6.45, 7) is 4.75. The van der Waals surface area contributed by atoms with Crippen LogP contribution in [0.25, 0.3) is 5.69 Å². The molecule has 1 aromatic carbocycles. The fraction of sp³-hybridized carbons (Fsp3) is 0.444. The minimum Gasteiger partial charge on any atom is -0.462 e. The molecule has 0 radical (unpaired) electrons. The number of nitrogens with zero attached hydrogens (tertiary/aromatic N) is 1. The van der Waals surface area contributed by atoms with Gasteiger partial charge in [0.15, 0.2) is 0 Å². The molecule has 0 unspecified atom stereocenters. The third kappa shape index (κ3) is 7.10. The number of aromatic nitrogens is 1. The van der Waals surface area contributed by atoms with Crippen molar-refractivity contribution in [2.45, 2.75) is 71.6 Å². The average Bonchev–Trinajstić information content (AvgIpc) is 3.45. The first kappa shape index (κ1) is 23.3. The lowest BCUT2D eigenvalue weighted by Crippen LogP contribution is -2.03. The van der Waals surface area contributed by atoms with Gasteiger partial charge >= 0.3 is 5.97 Å². The lowest BCUT2D eigenvalue weighted by Gasteiger charge is -2.10. The summed E-state index contributed by atoms with van der Waals surface area (Å²) in [6, 6.07) is 17.3. The smallest absolute Gasteiger partial charge is 0.348 e. The molecule has 0 aliphatic rings. The number of ether oxygens (including phenoxy) is 1. The zero-order chi connectivity index (χ0) is 21.9. The van der Waals surface area contributed by atoms with Gasteiger partial charge in [-0.2, -0.15) is 0 Å². The van der Waals surface area contributed by atoms with E-state index < -0.39 is 0 Å². The highest BCUT2D eigenvalue weighted by atomic mass is 32.1. The molecule has 4 heteroatoms. The molecule has 3 nitrogen and oxygen atoms in total. The summed E-state index contributed by atoms with van der Waals surface area (Å²) >= 11 is 1.56. The maximum Gasteiger partial charge on any atom is 0.348 e. The van der Waals surface area contributed by atoms with Crippen LogP contribution in [0.3, 0.4) is 0 Å². The quantitative estimate of drug-likeness (QED) is 0.206. The Morgan fingerprint density at radius 3 is 2.48 bits per heavy atom. The Hall–Kier alpha value is -2.33. The molecule has 0 spiro atoms. The molecule has 0 amide bonds. The Kier molecular flexibility index (Phi) is 9.41. The molecule has 0 aliphatic heterocycles. The molecule has 0 bridgehead atoms. The lowest BCUT2D eigenvalue weighted by molar-refractivity contribution is 0.0511. The number of aryl methyl sites for hydroxylation is 3. The molecule has 0 N–H and O–H groups in total. The molecule has 0 fully saturated rings. The normalized spacial score (nSPS) is 11.0. The fourth-order valence-corrected chi connectivity index (χ4v) is 4.73. The van der Waals surface area contributed by atoms with E-state index in [1.54, 1.807) is 11.3 Å². The zero-order valence-corrected chi connectivity index (χ0v) is 19.8. The molecule has 2 heterocycles. The standard InChI is InChI=1S/C27H35NO2S/c1-3-5-6-7-10-22-14-16-24(17-15-22)28-20-9-12-23(28)11-8-13-25-18-19-26(31-25)27(29)30-21-4-2/h9,12,14-20H,3-8,10-11,13,21H2,1-2H3. The SMILES string of the molecule is CCCCCCc1ccc(-n2cccc2CCCc2ccc(C(=O)OCCC)s2)cc1. The highest BCUT2D eigenvalue weighted by Gasteiger charge is 2.11. The molecular formula is C27H35NO2S. The largest absolute Gasteiger partial charge is 0.462 e. The van der Waals surface area contributed by atoms with E-state index in [4.69, 9.17) is 4.74 Å². The van der Waals surface area contributed by atoms with E-state index in [0.717, 1.165) is 25.7 Å². The van der Waals surface area contributed by atoms with Crippen molar-refractivity contribution in [3.8, 4) is 5.69 Å². The van der Waals surface area contributed by atoms with Crippen molar-refractivity contribution in [1.29, 1.82) is 0 Å². The van der Waals surface area contributed by atoms with Gasteiger partial charge < -0.3 is 9.30 Å². The van der Waals surface area contributed by atoms with Crippen molar-refractivity contribution in [2.75, 3.05) is 6.61 Å². The van der Waals surface area contributed by atoms with Crippen LogP contribution in [0.5, 0.6) is 0 Å². The minimum atomic E-state index is -0.194. The highest BCUT2D eigenvalue weighted by molar-refractivity contribution is 7.13. The molecule has 31 heavy (non-hydrogen) atoms. The first-order valence-electron chi connectivity index (χ1n) is 11.7. The number of thiophene rings is 1. The number of esters is 1. The van der Waals surface area contributed by atoms with Gasteiger partial charge in [-0.05, 0) is 80.5 Å². The van der Waals surface area contributed by atoms with Crippen LogP contribution in [0.2, 0.25) is 0 Å². The maximum atomic E-state index is 12.0. The zero-order valence-electron chi connectivity index (χ0n) is 18.9. The number of carbonyl (C=O) groups is 1. The van der Waals surface area contributed by atoms with Gasteiger partial charge in [0, 0.05) is 22.5 Å². The number of hydrogen-bond donors (Lipinski definition) is 0. The van der Waals surface area contributed by atoms with Crippen molar-refractivity contribution in [3.63, 3.8) is 0 Å². The monoisotopic (exact) mass is 437 g/mol. The topological polar surface area (TPSA) is 31.2 Å². The van der Waals surface area contributed by atoms with Crippen LogP contribution in [-0.2, 0) is 24.0 Å². The second-order valence-electron chi connectivity index (χ2n) is 8.10. The Labute approximate surface area is 191 Å². The summed E-state index contributed by atoms with van der Waals surface area (Å²) in [5.74, 6) is -0.194. The first-order chi connectivity index (χ1) is 15.2. The van der Waals surface area contributed by atoms with Crippen LogP contribution < -0.4 is 0 Å². The molecule has 0 aliphatic carbocycles. The van der Waals surface area contributed by atoms with Gasteiger partial charge in [-0.1, -0.05) is 45.2 Å². The van der Waals surface area contributed by atoms with E-state index in [1.165, 1.54) is 53.9 Å². The van der Waals surface area contributed by atoms with E-state index in [2.05, 4.69) is 60.2 Å². The van der Waals surface area contributed by atoms with Crippen LogP contribution >= 0.6 is 11.3 Å². The molecule has 3 rings (SSSR count). The number of rotatable bonds is 13. The molecular weight excluding hydrogens is 402 g/mol. The summed E-state index contributed by atoms with van der Waals surface area (Å²) in [4.78, 5) is 13.9. The van der Waals surface area contributed by atoms with Crippen LogP contribution in [0.15, 0.2) is 54.7 Å². The van der Waals surface area contributed by atoms with Crippen molar-refractivity contribution < 1.29 is 9.53 Å². The Morgan fingerprint density at radius 2 is 1.71 bits per heavy atom. The predicted molar refractivity (Wildman–Crippen MR) is 131 cm³/mol. The third-order valence-electron chi connectivity index (χ3n) is 5.52. The van der Waals surface area contributed by atoms with Crippen molar-refractivity contribution >= 4 is 17.3 Å². The Bertz CT molecular complexity index is 923.